The minimum absolute atomic E-state index is 0.631. The van der Waals surface area contributed by atoms with Crippen LogP contribution < -0.4 is 9.47 Å². The second-order valence-corrected chi connectivity index (χ2v) is 8.08. The number of nitrogens with zero attached hydrogens (tertiary/aromatic N) is 3. The topological polar surface area (TPSA) is 57.9 Å². The molecule has 0 unspecified atom stereocenters. The van der Waals surface area contributed by atoms with Crippen LogP contribution in [0.15, 0.2) is 35.5 Å². The summed E-state index contributed by atoms with van der Waals surface area (Å²) in [5, 5.41) is 8.03. The van der Waals surface area contributed by atoms with Crippen molar-refractivity contribution in [2.45, 2.75) is 65.7 Å². The van der Waals surface area contributed by atoms with E-state index >= 15 is 0 Å². The van der Waals surface area contributed by atoms with Crippen LogP contribution in [0.4, 0.5) is 0 Å². The van der Waals surface area contributed by atoms with Gasteiger partial charge in [0.2, 0.25) is 5.88 Å². The highest BCUT2D eigenvalue weighted by atomic mass is 16.6. The zero-order valence-corrected chi connectivity index (χ0v) is 20.4. The van der Waals surface area contributed by atoms with Crippen LogP contribution in [0, 0.1) is 13.8 Å². The zero-order chi connectivity index (χ0) is 23.2. The van der Waals surface area contributed by atoms with Crippen molar-refractivity contribution >= 4 is 6.21 Å². The lowest BCUT2D eigenvalue weighted by Crippen LogP contribution is -2.02. The van der Waals surface area contributed by atoms with Gasteiger partial charge in [-0.15, -0.1) is 0 Å². The Balaban J connectivity index is 1.59. The van der Waals surface area contributed by atoms with Gasteiger partial charge in [-0.3, -0.25) is 0 Å². The molecular weight excluding hydrogens is 402 g/mol. The number of rotatable bonds is 15. The second-order valence-electron chi connectivity index (χ2n) is 8.08. The Morgan fingerprint density at radius 3 is 2.34 bits per heavy atom. The van der Waals surface area contributed by atoms with Gasteiger partial charge >= 0.3 is 0 Å². The quantitative estimate of drug-likeness (QED) is 0.149. The SMILES string of the molecule is C/C=C/COc1cc(C)c(CCCCCCCCOc2cc(C=NOC)nn2C)c(C)c1. The second kappa shape index (κ2) is 14.3. The first-order valence-electron chi connectivity index (χ1n) is 11.6. The molecule has 6 heteroatoms. The van der Waals surface area contributed by atoms with Crippen LogP contribution in [0.25, 0.3) is 0 Å². The molecule has 2 aromatic rings. The standard InChI is InChI=1S/C26H39N3O3/c1-6-7-15-31-24-17-21(2)25(22(3)18-24)14-12-10-8-9-11-13-16-32-26-19-23(20-27-30-5)28-29(26)4/h6-7,17-20H,8-16H2,1-5H3/b7-6+,27-20?. The molecule has 1 heterocycles. The molecule has 32 heavy (non-hydrogen) atoms. The van der Waals surface area contributed by atoms with Gasteiger partial charge in [0, 0.05) is 13.1 Å². The summed E-state index contributed by atoms with van der Waals surface area (Å²) in [4.78, 5) is 4.68. The molecule has 0 N–H and O–H groups in total. The van der Waals surface area contributed by atoms with Crippen molar-refractivity contribution in [3.8, 4) is 11.6 Å². The largest absolute Gasteiger partial charge is 0.490 e. The van der Waals surface area contributed by atoms with E-state index in [2.05, 4.69) is 41.1 Å². The maximum absolute atomic E-state index is 5.83. The monoisotopic (exact) mass is 441 g/mol. The predicted octanol–water partition coefficient (Wildman–Crippen LogP) is 5.93. The van der Waals surface area contributed by atoms with Crippen molar-refractivity contribution in [1.29, 1.82) is 0 Å². The van der Waals surface area contributed by atoms with E-state index in [1.165, 1.54) is 55.9 Å². The van der Waals surface area contributed by atoms with Gasteiger partial charge in [0.1, 0.15) is 25.2 Å². The first kappa shape index (κ1) is 25.5. The third-order valence-electron chi connectivity index (χ3n) is 5.47. The molecule has 0 amide bonds. The van der Waals surface area contributed by atoms with Crippen molar-refractivity contribution in [3.05, 3.63) is 52.7 Å². The summed E-state index contributed by atoms with van der Waals surface area (Å²) >= 11 is 0. The number of hydrogen-bond donors (Lipinski definition) is 0. The van der Waals surface area contributed by atoms with Crippen LogP contribution >= 0.6 is 0 Å². The van der Waals surface area contributed by atoms with Crippen LogP contribution in [0.5, 0.6) is 11.6 Å². The molecule has 6 nitrogen and oxygen atoms in total. The van der Waals surface area contributed by atoms with E-state index in [-0.39, 0.29) is 0 Å². The zero-order valence-electron chi connectivity index (χ0n) is 20.4. The number of oxime groups is 1. The predicted molar refractivity (Wildman–Crippen MR) is 131 cm³/mol. The molecule has 0 fully saturated rings. The number of unbranched alkanes of at least 4 members (excludes halogenated alkanes) is 5. The summed E-state index contributed by atoms with van der Waals surface area (Å²) in [6.07, 6.45) is 14.0. The molecular formula is C26H39N3O3. The Morgan fingerprint density at radius 2 is 1.66 bits per heavy atom. The molecule has 0 atom stereocenters. The molecule has 0 aliphatic rings. The normalized spacial score (nSPS) is 11.5. The molecule has 0 aliphatic heterocycles. The highest BCUT2D eigenvalue weighted by Crippen LogP contribution is 2.24. The third-order valence-corrected chi connectivity index (χ3v) is 5.47. The van der Waals surface area contributed by atoms with Gasteiger partial charge in [0.15, 0.2) is 0 Å². The molecule has 1 aromatic heterocycles. The maximum Gasteiger partial charge on any atom is 0.212 e. The lowest BCUT2D eigenvalue weighted by atomic mass is 9.96. The van der Waals surface area contributed by atoms with E-state index in [0.717, 1.165) is 30.2 Å². The molecule has 0 spiro atoms. The van der Waals surface area contributed by atoms with E-state index in [1.807, 2.05) is 32.2 Å². The number of benzene rings is 1. The maximum atomic E-state index is 5.83. The molecule has 0 radical (unpaired) electrons. The summed E-state index contributed by atoms with van der Waals surface area (Å²) < 4.78 is 13.3. The number of allylic oxidation sites excluding steroid dienone is 1. The van der Waals surface area contributed by atoms with Crippen molar-refractivity contribution in [2.75, 3.05) is 20.3 Å². The summed E-state index contributed by atoms with van der Waals surface area (Å²) in [5.74, 6) is 1.72. The average molecular weight is 442 g/mol. The Hall–Kier alpha value is -2.76. The summed E-state index contributed by atoms with van der Waals surface area (Å²) in [6, 6.07) is 6.20. The molecule has 0 bridgehead atoms. The van der Waals surface area contributed by atoms with Crippen molar-refractivity contribution in [1.82, 2.24) is 9.78 Å². The number of aromatic nitrogens is 2. The van der Waals surface area contributed by atoms with Crippen molar-refractivity contribution < 1.29 is 14.3 Å². The molecule has 0 saturated carbocycles. The van der Waals surface area contributed by atoms with E-state index in [0.29, 0.717) is 13.2 Å². The Morgan fingerprint density at radius 1 is 0.969 bits per heavy atom. The Kier molecular flexibility index (Phi) is 11.4. The van der Waals surface area contributed by atoms with Crippen LogP contribution in [0.2, 0.25) is 0 Å². The van der Waals surface area contributed by atoms with Gasteiger partial charge in [-0.2, -0.15) is 5.10 Å². The van der Waals surface area contributed by atoms with Crippen LogP contribution in [0.1, 0.15) is 67.8 Å². The molecule has 2 rings (SSSR count). The van der Waals surface area contributed by atoms with Crippen molar-refractivity contribution in [2.24, 2.45) is 12.2 Å². The van der Waals surface area contributed by atoms with Gasteiger partial charge in [0.25, 0.3) is 0 Å². The molecule has 0 aliphatic carbocycles. The number of aryl methyl sites for hydroxylation is 3. The fraction of sp³-hybridized carbons (Fsp3) is 0.538. The first-order valence-corrected chi connectivity index (χ1v) is 11.6. The van der Waals surface area contributed by atoms with Gasteiger partial charge < -0.3 is 14.3 Å². The van der Waals surface area contributed by atoms with E-state index in [1.54, 1.807) is 10.9 Å². The molecule has 1 aromatic carbocycles. The number of ether oxygens (including phenoxy) is 2. The number of hydrogen-bond acceptors (Lipinski definition) is 5. The minimum Gasteiger partial charge on any atom is -0.490 e. The smallest absolute Gasteiger partial charge is 0.212 e. The van der Waals surface area contributed by atoms with E-state index < -0.39 is 0 Å². The average Bonchev–Trinajstić information content (AvgIpc) is 3.12. The Labute approximate surface area is 193 Å². The third kappa shape index (κ3) is 8.77. The summed E-state index contributed by atoms with van der Waals surface area (Å²) in [6.45, 7) is 7.74. The van der Waals surface area contributed by atoms with E-state index in [4.69, 9.17) is 9.47 Å². The van der Waals surface area contributed by atoms with Gasteiger partial charge in [-0.25, -0.2) is 4.68 Å². The first-order chi connectivity index (χ1) is 15.5. The van der Waals surface area contributed by atoms with Crippen molar-refractivity contribution in [3.63, 3.8) is 0 Å². The molecule has 176 valence electrons. The fourth-order valence-electron chi connectivity index (χ4n) is 3.74. The Bertz CT molecular complexity index is 848. The lowest BCUT2D eigenvalue weighted by Gasteiger charge is -2.13. The highest BCUT2D eigenvalue weighted by molar-refractivity contribution is 5.76. The molecule has 0 saturated heterocycles. The lowest BCUT2D eigenvalue weighted by molar-refractivity contribution is 0.215. The van der Waals surface area contributed by atoms with Gasteiger partial charge in [0.05, 0.1) is 12.8 Å². The van der Waals surface area contributed by atoms with E-state index in [9.17, 15) is 0 Å². The van der Waals surface area contributed by atoms with Gasteiger partial charge in [-0.05, 0) is 68.9 Å². The summed E-state index contributed by atoms with van der Waals surface area (Å²) in [5.41, 5.74) is 4.88. The fourth-order valence-corrected chi connectivity index (χ4v) is 3.74. The van der Waals surface area contributed by atoms with Gasteiger partial charge in [-0.1, -0.05) is 43.0 Å². The van der Waals surface area contributed by atoms with Crippen LogP contribution in [-0.4, -0.2) is 36.3 Å². The van der Waals surface area contributed by atoms with Crippen LogP contribution in [0.3, 0.4) is 0 Å². The highest BCUT2D eigenvalue weighted by Gasteiger charge is 2.07. The summed E-state index contributed by atoms with van der Waals surface area (Å²) in [7, 11) is 3.38. The minimum atomic E-state index is 0.631. The van der Waals surface area contributed by atoms with Crippen LogP contribution in [-0.2, 0) is 18.3 Å².